The highest BCUT2D eigenvalue weighted by Gasteiger charge is 1.71. The Balaban J connectivity index is 2.34. The second-order valence-electron chi connectivity index (χ2n) is 1.05. The van der Waals surface area contributed by atoms with Crippen LogP contribution in [0.1, 0.15) is 13.3 Å². The minimum atomic E-state index is 0.802. The molecule has 0 aromatic rings. The zero-order chi connectivity index (χ0) is 4.83. The quantitative estimate of drug-likeness (QED) is 0.402. The van der Waals surface area contributed by atoms with Gasteiger partial charge in [0.25, 0.3) is 0 Å². The lowest BCUT2D eigenvalue weighted by Crippen LogP contribution is -2.06. The predicted molar refractivity (Wildman–Crippen MR) is 25.3 cm³/mol. The molecule has 0 rings (SSSR count). The molecule has 0 aromatic carbocycles. The van der Waals surface area contributed by atoms with E-state index in [0.717, 1.165) is 13.0 Å². The summed E-state index contributed by atoms with van der Waals surface area (Å²) in [7, 11) is 1.76. The van der Waals surface area contributed by atoms with Gasteiger partial charge in [0, 0.05) is 7.05 Å². The van der Waals surface area contributed by atoms with Crippen LogP contribution in [0.25, 0.3) is 0 Å². The van der Waals surface area contributed by atoms with Crippen LogP contribution in [0.15, 0.2) is 0 Å². The maximum absolute atomic E-state index is 4.73. The van der Waals surface area contributed by atoms with E-state index in [0.29, 0.717) is 0 Å². The molecule has 0 bridgehead atoms. The molecule has 0 spiro atoms. The topological polar surface area (TPSA) is 21.3 Å². The Bertz CT molecular complexity index is 19.5. The number of rotatable bonds is 3. The molecule has 0 aliphatic heterocycles. The molecule has 0 aliphatic rings. The number of hydrogen-bond acceptors (Lipinski definition) is 2. The minimum Gasteiger partial charge on any atom is -0.302 e. The molecule has 2 nitrogen and oxygen atoms in total. The van der Waals surface area contributed by atoms with Gasteiger partial charge >= 0.3 is 0 Å². The lowest BCUT2D eigenvalue weighted by Gasteiger charge is -1.93. The van der Waals surface area contributed by atoms with Crippen LogP contribution in [0.4, 0.5) is 0 Å². The summed E-state index contributed by atoms with van der Waals surface area (Å²) in [6.07, 6.45) is 1.07. The first-order chi connectivity index (χ1) is 2.91. The smallest absolute Gasteiger partial charge is 0.0679 e. The Morgan fingerprint density at radius 2 is 2.33 bits per heavy atom. The van der Waals surface area contributed by atoms with Crippen molar-refractivity contribution < 1.29 is 4.84 Å². The zero-order valence-electron chi connectivity index (χ0n) is 4.32. The Morgan fingerprint density at radius 3 is 2.50 bits per heavy atom. The Morgan fingerprint density at radius 1 is 1.67 bits per heavy atom. The van der Waals surface area contributed by atoms with Crippen LogP contribution in [0.2, 0.25) is 0 Å². The second kappa shape index (κ2) is 4.92. The van der Waals surface area contributed by atoms with Crippen LogP contribution in [0.5, 0.6) is 0 Å². The molecule has 0 amide bonds. The molecular formula is C4H11NO. The van der Waals surface area contributed by atoms with E-state index in [9.17, 15) is 0 Å². The van der Waals surface area contributed by atoms with E-state index < -0.39 is 0 Å². The van der Waals surface area contributed by atoms with Crippen molar-refractivity contribution in [3.05, 3.63) is 0 Å². The first-order valence-corrected chi connectivity index (χ1v) is 2.20. The Labute approximate surface area is 38.5 Å². The van der Waals surface area contributed by atoms with Crippen molar-refractivity contribution in [2.24, 2.45) is 0 Å². The average Bonchev–Trinajstić information content (AvgIpc) is 1.61. The summed E-state index contributed by atoms with van der Waals surface area (Å²) in [4.78, 5) is 4.73. The molecule has 0 aliphatic carbocycles. The van der Waals surface area contributed by atoms with Gasteiger partial charge in [-0.25, -0.2) is 5.48 Å². The third-order valence-electron chi connectivity index (χ3n) is 0.451. The van der Waals surface area contributed by atoms with E-state index in [4.69, 9.17) is 4.84 Å². The normalized spacial score (nSPS) is 9.00. The SMILES string of the molecule is CCCONC. The first-order valence-electron chi connectivity index (χ1n) is 2.20. The maximum atomic E-state index is 4.73. The summed E-state index contributed by atoms with van der Waals surface area (Å²) in [5, 5.41) is 0. The van der Waals surface area contributed by atoms with Gasteiger partial charge in [0.15, 0.2) is 0 Å². The van der Waals surface area contributed by atoms with Crippen LogP contribution < -0.4 is 5.48 Å². The molecule has 38 valence electrons. The third-order valence-corrected chi connectivity index (χ3v) is 0.451. The number of hydrogen-bond donors (Lipinski definition) is 1. The van der Waals surface area contributed by atoms with Crippen molar-refractivity contribution in [1.82, 2.24) is 5.48 Å². The van der Waals surface area contributed by atoms with Crippen LogP contribution in [-0.2, 0) is 4.84 Å². The zero-order valence-corrected chi connectivity index (χ0v) is 4.32. The van der Waals surface area contributed by atoms with Crippen molar-refractivity contribution in [1.29, 1.82) is 0 Å². The van der Waals surface area contributed by atoms with Crippen molar-refractivity contribution in [3.8, 4) is 0 Å². The summed E-state index contributed by atoms with van der Waals surface area (Å²) in [6.45, 7) is 2.87. The molecule has 0 saturated heterocycles. The van der Waals surface area contributed by atoms with E-state index in [1.165, 1.54) is 0 Å². The highest BCUT2D eigenvalue weighted by atomic mass is 16.6. The van der Waals surface area contributed by atoms with Crippen molar-refractivity contribution in [2.45, 2.75) is 13.3 Å². The van der Waals surface area contributed by atoms with Crippen molar-refractivity contribution >= 4 is 0 Å². The van der Waals surface area contributed by atoms with Crippen molar-refractivity contribution in [3.63, 3.8) is 0 Å². The van der Waals surface area contributed by atoms with Crippen LogP contribution in [0, 0.1) is 0 Å². The molecule has 0 radical (unpaired) electrons. The monoisotopic (exact) mass is 89.1 g/mol. The molecule has 6 heavy (non-hydrogen) atoms. The maximum Gasteiger partial charge on any atom is 0.0679 e. The van der Waals surface area contributed by atoms with Gasteiger partial charge < -0.3 is 4.84 Å². The van der Waals surface area contributed by atoms with Gasteiger partial charge in [0.2, 0.25) is 0 Å². The molecule has 0 fully saturated rings. The van der Waals surface area contributed by atoms with Gasteiger partial charge in [-0.15, -0.1) is 0 Å². The molecule has 0 atom stereocenters. The Kier molecular flexibility index (Phi) is 4.85. The predicted octanol–water partition coefficient (Wildman–Crippen LogP) is 0.547. The highest BCUT2D eigenvalue weighted by Crippen LogP contribution is 1.70. The fraction of sp³-hybridized carbons (Fsp3) is 1.00. The van der Waals surface area contributed by atoms with Gasteiger partial charge in [-0.1, -0.05) is 6.92 Å². The summed E-state index contributed by atoms with van der Waals surface area (Å²) >= 11 is 0. The fourth-order valence-corrected chi connectivity index (χ4v) is 0.204. The van der Waals surface area contributed by atoms with Gasteiger partial charge in [-0.3, -0.25) is 0 Å². The van der Waals surface area contributed by atoms with Gasteiger partial charge in [-0.05, 0) is 6.42 Å². The van der Waals surface area contributed by atoms with E-state index >= 15 is 0 Å². The minimum absolute atomic E-state index is 0.802. The lowest BCUT2D eigenvalue weighted by atomic mass is 10.5. The van der Waals surface area contributed by atoms with E-state index in [-0.39, 0.29) is 0 Å². The summed E-state index contributed by atoms with van der Waals surface area (Å²) in [6, 6.07) is 0. The summed E-state index contributed by atoms with van der Waals surface area (Å²) in [5.74, 6) is 0. The summed E-state index contributed by atoms with van der Waals surface area (Å²) in [5.41, 5.74) is 2.57. The van der Waals surface area contributed by atoms with E-state index in [1.807, 2.05) is 0 Å². The van der Waals surface area contributed by atoms with E-state index in [1.54, 1.807) is 7.05 Å². The van der Waals surface area contributed by atoms with Gasteiger partial charge in [0.05, 0.1) is 6.61 Å². The van der Waals surface area contributed by atoms with Crippen LogP contribution >= 0.6 is 0 Å². The second-order valence-corrected chi connectivity index (χ2v) is 1.05. The lowest BCUT2D eigenvalue weighted by molar-refractivity contribution is 0.0585. The van der Waals surface area contributed by atoms with Crippen molar-refractivity contribution in [2.75, 3.05) is 13.7 Å². The third kappa shape index (κ3) is 3.92. The Hall–Kier alpha value is -0.0800. The van der Waals surface area contributed by atoms with Crippen LogP contribution in [0.3, 0.4) is 0 Å². The molecule has 0 heterocycles. The molecule has 0 saturated carbocycles. The highest BCUT2D eigenvalue weighted by molar-refractivity contribution is 4.15. The number of nitrogens with one attached hydrogen (secondary N) is 1. The first kappa shape index (κ1) is 5.92. The largest absolute Gasteiger partial charge is 0.302 e. The molecule has 0 unspecified atom stereocenters. The average molecular weight is 89.1 g/mol. The number of hydroxylamine groups is 1. The van der Waals surface area contributed by atoms with Crippen LogP contribution in [-0.4, -0.2) is 13.7 Å². The summed E-state index contributed by atoms with van der Waals surface area (Å²) < 4.78 is 0. The standard InChI is InChI=1S/C4H11NO/c1-3-4-6-5-2/h5H,3-4H2,1-2H3. The van der Waals surface area contributed by atoms with Gasteiger partial charge in [-0.2, -0.15) is 0 Å². The molecule has 0 aromatic heterocycles. The molecular weight excluding hydrogens is 78.0 g/mol. The van der Waals surface area contributed by atoms with Gasteiger partial charge in [0.1, 0.15) is 0 Å². The molecule has 1 N–H and O–H groups in total. The van der Waals surface area contributed by atoms with E-state index in [2.05, 4.69) is 12.4 Å². The molecule has 2 heteroatoms. The fourth-order valence-electron chi connectivity index (χ4n) is 0.204.